The lowest BCUT2D eigenvalue weighted by Gasteiger charge is -2.09. The van der Waals surface area contributed by atoms with Crippen LogP contribution in [0.25, 0.3) is 11.3 Å². The van der Waals surface area contributed by atoms with Crippen molar-refractivity contribution in [3.63, 3.8) is 0 Å². The Balaban J connectivity index is 2.50. The van der Waals surface area contributed by atoms with E-state index in [1.54, 1.807) is 0 Å². The summed E-state index contributed by atoms with van der Waals surface area (Å²) in [6.07, 6.45) is -3.58. The molecule has 0 bridgehead atoms. The van der Waals surface area contributed by atoms with Crippen molar-refractivity contribution in [2.75, 3.05) is 7.11 Å². The maximum atomic E-state index is 12.5. The van der Waals surface area contributed by atoms with Crippen LogP contribution in [-0.4, -0.2) is 23.0 Å². The van der Waals surface area contributed by atoms with Crippen LogP contribution in [-0.2, 0) is 10.9 Å². The fraction of sp³-hybridized carbons (Fsp3) is 0.154. The lowest BCUT2D eigenvalue weighted by molar-refractivity contribution is -0.141. The summed E-state index contributed by atoms with van der Waals surface area (Å²) in [6.45, 7) is 0. The van der Waals surface area contributed by atoms with E-state index in [9.17, 15) is 18.0 Å². The molecule has 4 nitrogen and oxygen atoms in total. The van der Waals surface area contributed by atoms with Crippen molar-refractivity contribution in [1.29, 1.82) is 0 Å². The average Bonchev–Trinajstić information content (AvgIpc) is 2.46. The first kappa shape index (κ1) is 16.5. The van der Waals surface area contributed by atoms with E-state index in [2.05, 4.69) is 14.7 Å². The first-order chi connectivity index (χ1) is 10.2. The van der Waals surface area contributed by atoms with Gasteiger partial charge >= 0.3 is 12.1 Å². The molecular formula is C13H7Cl2F3N2O2. The van der Waals surface area contributed by atoms with Gasteiger partial charge < -0.3 is 4.74 Å². The third-order valence-corrected chi connectivity index (χ3v) is 3.21. The largest absolute Gasteiger partial charge is 0.464 e. The number of hydrogen-bond donors (Lipinski definition) is 0. The summed E-state index contributed by atoms with van der Waals surface area (Å²) in [5, 5.41) is 0.0414. The van der Waals surface area contributed by atoms with Crippen LogP contribution >= 0.6 is 23.2 Å². The Morgan fingerprint density at radius 1 is 1.23 bits per heavy atom. The van der Waals surface area contributed by atoms with Gasteiger partial charge in [0.25, 0.3) is 0 Å². The minimum atomic E-state index is -4.55. The molecular weight excluding hydrogens is 344 g/mol. The zero-order chi connectivity index (χ0) is 16.5. The van der Waals surface area contributed by atoms with Crippen LogP contribution in [0.4, 0.5) is 13.2 Å². The zero-order valence-electron chi connectivity index (χ0n) is 10.9. The molecule has 0 N–H and O–H groups in total. The van der Waals surface area contributed by atoms with Crippen molar-refractivity contribution in [3.05, 3.63) is 45.8 Å². The van der Waals surface area contributed by atoms with Gasteiger partial charge in [0.1, 0.15) is 5.69 Å². The Morgan fingerprint density at radius 3 is 2.41 bits per heavy atom. The number of aromatic nitrogens is 2. The highest BCUT2D eigenvalue weighted by molar-refractivity contribution is 6.37. The molecule has 116 valence electrons. The van der Waals surface area contributed by atoms with Gasteiger partial charge in [-0.25, -0.2) is 9.78 Å². The van der Waals surface area contributed by atoms with Gasteiger partial charge in [-0.1, -0.05) is 23.2 Å². The predicted octanol–water partition coefficient (Wildman–Crippen LogP) is 4.26. The summed E-state index contributed by atoms with van der Waals surface area (Å²) in [4.78, 5) is 18.8. The van der Waals surface area contributed by atoms with Crippen molar-refractivity contribution < 1.29 is 22.7 Å². The van der Waals surface area contributed by atoms with Gasteiger partial charge in [0, 0.05) is 11.8 Å². The third-order valence-electron chi connectivity index (χ3n) is 2.64. The molecule has 0 atom stereocenters. The molecule has 2 rings (SSSR count). The fourth-order valence-corrected chi connectivity index (χ4v) is 2.16. The lowest BCUT2D eigenvalue weighted by Crippen LogP contribution is -2.08. The molecule has 0 spiro atoms. The van der Waals surface area contributed by atoms with Crippen LogP contribution in [0.1, 0.15) is 16.2 Å². The Bertz CT molecular complexity index is 718. The van der Waals surface area contributed by atoms with Crippen molar-refractivity contribution in [3.8, 4) is 11.3 Å². The molecule has 0 radical (unpaired) electrons. The second kappa shape index (κ2) is 6.10. The third kappa shape index (κ3) is 3.31. The molecule has 0 aliphatic heterocycles. The Morgan fingerprint density at radius 2 is 1.91 bits per heavy atom. The first-order valence-electron chi connectivity index (χ1n) is 5.72. The van der Waals surface area contributed by atoms with Crippen LogP contribution in [0.5, 0.6) is 0 Å². The number of rotatable bonds is 2. The quantitative estimate of drug-likeness (QED) is 0.759. The number of carbonyl (C=O) groups excluding carboxylic acids is 1. The molecule has 2 aromatic rings. The number of methoxy groups -OCH3 is 1. The van der Waals surface area contributed by atoms with E-state index >= 15 is 0 Å². The molecule has 0 aliphatic carbocycles. The van der Waals surface area contributed by atoms with E-state index in [4.69, 9.17) is 23.2 Å². The molecule has 0 saturated heterocycles. The number of alkyl halides is 3. The fourth-order valence-electron chi connectivity index (χ4n) is 1.61. The molecule has 22 heavy (non-hydrogen) atoms. The van der Waals surface area contributed by atoms with Crippen LogP contribution in [0, 0.1) is 0 Å². The van der Waals surface area contributed by atoms with Gasteiger partial charge in [-0.05, 0) is 18.2 Å². The minimum absolute atomic E-state index is 0.0273. The molecule has 2 heterocycles. The molecule has 0 saturated carbocycles. The number of halogens is 5. The zero-order valence-corrected chi connectivity index (χ0v) is 12.4. The Labute approximate surface area is 132 Å². The monoisotopic (exact) mass is 350 g/mol. The topological polar surface area (TPSA) is 52.1 Å². The average molecular weight is 351 g/mol. The summed E-state index contributed by atoms with van der Waals surface area (Å²) in [7, 11) is 1.15. The summed E-state index contributed by atoms with van der Waals surface area (Å²) in [5.41, 5.74) is -0.953. The molecule has 0 aromatic carbocycles. The highest BCUT2D eigenvalue weighted by Gasteiger charge is 2.32. The number of carbonyl (C=O) groups is 1. The normalized spacial score (nSPS) is 11.4. The minimum Gasteiger partial charge on any atom is -0.464 e. The maximum absolute atomic E-state index is 12.5. The second-order valence-corrected chi connectivity index (χ2v) is 4.89. The van der Waals surface area contributed by atoms with Crippen molar-refractivity contribution in [1.82, 2.24) is 9.97 Å². The van der Waals surface area contributed by atoms with Crippen LogP contribution in [0.15, 0.2) is 24.4 Å². The first-order valence-corrected chi connectivity index (χ1v) is 6.47. The van der Waals surface area contributed by atoms with Crippen LogP contribution in [0.3, 0.4) is 0 Å². The molecule has 2 aromatic heterocycles. The van der Waals surface area contributed by atoms with Gasteiger partial charge in [-0.3, -0.25) is 4.98 Å². The molecule has 0 fully saturated rings. The van der Waals surface area contributed by atoms with Gasteiger partial charge in [-0.15, -0.1) is 0 Å². The predicted molar refractivity (Wildman–Crippen MR) is 73.8 cm³/mol. The summed E-state index contributed by atoms with van der Waals surface area (Å²) in [5.74, 6) is -0.789. The van der Waals surface area contributed by atoms with E-state index < -0.39 is 17.8 Å². The number of pyridine rings is 2. The van der Waals surface area contributed by atoms with Crippen LogP contribution in [0.2, 0.25) is 10.0 Å². The highest BCUT2D eigenvalue weighted by Crippen LogP contribution is 2.32. The van der Waals surface area contributed by atoms with Gasteiger partial charge in [0.15, 0.2) is 5.69 Å². The number of esters is 1. The standard InChI is InChI=1S/C13H7Cl2F3N2O2/c1-22-12(21)11-8(15)4-7(14)10(20-11)6-2-3-9(19-5-6)13(16,17)18/h2-5H,1H3. The van der Waals surface area contributed by atoms with Crippen molar-refractivity contribution in [2.24, 2.45) is 0 Å². The molecule has 0 unspecified atom stereocenters. The van der Waals surface area contributed by atoms with E-state index in [1.807, 2.05) is 0 Å². The lowest BCUT2D eigenvalue weighted by atomic mass is 10.1. The van der Waals surface area contributed by atoms with Crippen molar-refractivity contribution >= 4 is 29.2 Å². The summed E-state index contributed by atoms with van der Waals surface area (Å²) >= 11 is 11.8. The molecule has 0 aliphatic rings. The summed E-state index contributed by atoms with van der Waals surface area (Å²) in [6, 6.07) is 3.20. The number of nitrogens with zero attached hydrogens (tertiary/aromatic N) is 2. The van der Waals surface area contributed by atoms with E-state index in [0.717, 1.165) is 25.4 Å². The number of ether oxygens (including phenoxy) is 1. The van der Waals surface area contributed by atoms with Crippen LogP contribution < -0.4 is 0 Å². The molecule has 0 amide bonds. The van der Waals surface area contributed by atoms with Crippen molar-refractivity contribution in [2.45, 2.75) is 6.18 Å². The second-order valence-electron chi connectivity index (χ2n) is 4.07. The van der Waals surface area contributed by atoms with E-state index in [0.29, 0.717) is 0 Å². The highest BCUT2D eigenvalue weighted by atomic mass is 35.5. The Kier molecular flexibility index (Phi) is 4.58. The Hall–Kier alpha value is -1.86. The SMILES string of the molecule is COC(=O)c1nc(-c2ccc(C(F)(F)F)nc2)c(Cl)cc1Cl. The van der Waals surface area contributed by atoms with Gasteiger partial charge in [0.2, 0.25) is 0 Å². The van der Waals surface area contributed by atoms with Gasteiger partial charge in [-0.2, -0.15) is 13.2 Å². The van der Waals surface area contributed by atoms with E-state index in [-0.39, 0.29) is 27.0 Å². The number of hydrogen-bond acceptors (Lipinski definition) is 4. The smallest absolute Gasteiger partial charge is 0.433 e. The maximum Gasteiger partial charge on any atom is 0.433 e. The summed E-state index contributed by atoms with van der Waals surface area (Å²) < 4.78 is 42.0. The van der Waals surface area contributed by atoms with E-state index in [1.165, 1.54) is 6.07 Å². The van der Waals surface area contributed by atoms with Gasteiger partial charge in [0.05, 0.1) is 22.8 Å². The molecule has 9 heteroatoms.